The minimum Gasteiger partial charge on any atom is -0.373 e. The molecule has 0 aliphatic heterocycles. The van der Waals surface area contributed by atoms with Gasteiger partial charge in [-0.1, -0.05) is 26.0 Å². The third-order valence-corrected chi connectivity index (χ3v) is 3.75. The Morgan fingerprint density at radius 2 is 2.09 bits per heavy atom. The highest BCUT2D eigenvalue weighted by molar-refractivity contribution is 5.97. The summed E-state index contributed by atoms with van der Waals surface area (Å²) in [5.74, 6) is 0. The number of aromatic nitrogens is 1. The topological polar surface area (TPSA) is 85.3 Å². The molecule has 1 heterocycles. The highest BCUT2D eigenvalue weighted by Gasteiger charge is 2.22. The van der Waals surface area contributed by atoms with E-state index in [-0.39, 0.29) is 16.0 Å². The van der Waals surface area contributed by atoms with Gasteiger partial charge in [0, 0.05) is 36.4 Å². The fourth-order valence-corrected chi connectivity index (χ4v) is 2.59. The Morgan fingerprint density at radius 3 is 2.68 bits per heavy atom. The van der Waals surface area contributed by atoms with Gasteiger partial charge in [0.1, 0.15) is 0 Å². The number of rotatable bonds is 5. The van der Waals surface area contributed by atoms with Crippen LogP contribution in [0.3, 0.4) is 0 Å². The largest absolute Gasteiger partial charge is 0.373 e. The second kappa shape index (κ2) is 5.88. The van der Waals surface area contributed by atoms with E-state index in [0.717, 1.165) is 23.3 Å². The summed E-state index contributed by atoms with van der Waals surface area (Å²) >= 11 is 0. The number of benzene rings is 1. The van der Waals surface area contributed by atoms with Gasteiger partial charge in [-0.3, -0.25) is 10.1 Å². The van der Waals surface area contributed by atoms with Crippen LogP contribution < -0.4 is 10.6 Å². The molecule has 0 aliphatic rings. The van der Waals surface area contributed by atoms with E-state index in [4.69, 9.17) is 5.73 Å². The standard InChI is InChI=1S/C16H22N4O2/c1-11-8-14(19(4)10-16(2,3)9-17)12-6-5-7-13(20(21)22)15(12)18-11/h5-8H,9-10,17H2,1-4H3. The van der Waals surface area contributed by atoms with E-state index < -0.39 is 0 Å². The molecule has 0 bridgehead atoms. The lowest BCUT2D eigenvalue weighted by molar-refractivity contribution is -0.383. The molecule has 118 valence electrons. The second-order valence-electron chi connectivity index (χ2n) is 6.44. The number of hydrogen-bond acceptors (Lipinski definition) is 5. The van der Waals surface area contributed by atoms with Crippen molar-refractivity contribution >= 4 is 22.3 Å². The van der Waals surface area contributed by atoms with E-state index >= 15 is 0 Å². The molecule has 2 aromatic rings. The average Bonchev–Trinajstić information content (AvgIpc) is 2.45. The minimum absolute atomic E-state index is 0.0361. The number of nitrogens with zero attached hydrogens (tertiary/aromatic N) is 3. The molecule has 1 aromatic carbocycles. The van der Waals surface area contributed by atoms with Gasteiger partial charge >= 0.3 is 0 Å². The minimum atomic E-state index is -0.387. The van der Waals surface area contributed by atoms with Crippen LogP contribution in [0.4, 0.5) is 11.4 Å². The first-order valence-electron chi connectivity index (χ1n) is 7.21. The van der Waals surface area contributed by atoms with Crippen LogP contribution >= 0.6 is 0 Å². The maximum Gasteiger partial charge on any atom is 0.295 e. The number of para-hydroxylation sites is 1. The third-order valence-electron chi connectivity index (χ3n) is 3.75. The highest BCUT2D eigenvalue weighted by atomic mass is 16.6. The van der Waals surface area contributed by atoms with Gasteiger partial charge in [0.15, 0.2) is 5.52 Å². The van der Waals surface area contributed by atoms with E-state index in [1.165, 1.54) is 6.07 Å². The number of nitro groups is 1. The Morgan fingerprint density at radius 1 is 1.41 bits per heavy atom. The highest BCUT2D eigenvalue weighted by Crippen LogP contribution is 2.32. The molecule has 6 nitrogen and oxygen atoms in total. The molecule has 0 fully saturated rings. The Hall–Kier alpha value is -2.21. The third kappa shape index (κ3) is 3.17. The molecule has 0 atom stereocenters. The summed E-state index contributed by atoms with van der Waals surface area (Å²) in [4.78, 5) is 17.3. The Balaban J connectivity index is 2.59. The smallest absolute Gasteiger partial charge is 0.295 e. The summed E-state index contributed by atoms with van der Waals surface area (Å²) < 4.78 is 0. The molecule has 0 radical (unpaired) electrons. The van der Waals surface area contributed by atoms with Gasteiger partial charge in [-0.05, 0) is 24.9 Å². The van der Waals surface area contributed by atoms with Gasteiger partial charge in [0.25, 0.3) is 5.69 Å². The predicted octanol–water partition coefficient (Wildman–Crippen LogP) is 2.87. The van der Waals surface area contributed by atoms with E-state index in [2.05, 4.69) is 23.7 Å². The number of hydrogen-bond donors (Lipinski definition) is 1. The van der Waals surface area contributed by atoms with Gasteiger partial charge in [-0.25, -0.2) is 4.98 Å². The first-order chi connectivity index (χ1) is 10.2. The monoisotopic (exact) mass is 302 g/mol. The maximum absolute atomic E-state index is 11.2. The van der Waals surface area contributed by atoms with Crippen molar-refractivity contribution in [2.24, 2.45) is 11.1 Å². The number of fused-ring (bicyclic) bond motifs is 1. The molecule has 2 rings (SSSR count). The zero-order valence-corrected chi connectivity index (χ0v) is 13.5. The molecule has 0 saturated heterocycles. The van der Waals surface area contributed by atoms with Crippen molar-refractivity contribution < 1.29 is 4.92 Å². The van der Waals surface area contributed by atoms with Crippen LogP contribution in [0, 0.1) is 22.5 Å². The number of aryl methyl sites for hydroxylation is 1. The lowest BCUT2D eigenvalue weighted by atomic mass is 9.93. The maximum atomic E-state index is 11.2. The Kier molecular flexibility index (Phi) is 4.32. The number of anilines is 1. The first kappa shape index (κ1) is 16.2. The molecule has 0 saturated carbocycles. The molecule has 0 spiro atoms. The van der Waals surface area contributed by atoms with Gasteiger partial charge in [-0.2, -0.15) is 0 Å². The normalized spacial score (nSPS) is 11.7. The lowest BCUT2D eigenvalue weighted by Gasteiger charge is -2.31. The van der Waals surface area contributed by atoms with Crippen molar-refractivity contribution in [3.05, 3.63) is 40.1 Å². The number of pyridine rings is 1. The summed E-state index contributed by atoms with van der Waals surface area (Å²) in [6.07, 6.45) is 0. The zero-order valence-electron chi connectivity index (χ0n) is 13.5. The van der Waals surface area contributed by atoms with Crippen molar-refractivity contribution in [1.29, 1.82) is 0 Å². The molecular weight excluding hydrogens is 280 g/mol. The quantitative estimate of drug-likeness (QED) is 0.678. The predicted molar refractivity (Wildman–Crippen MR) is 89.2 cm³/mol. The summed E-state index contributed by atoms with van der Waals surface area (Å²) in [6.45, 7) is 7.37. The Bertz CT molecular complexity index is 713. The summed E-state index contributed by atoms with van der Waals surface area (Å²) in [5.41, 5.74) is 7.93. The summed E-state index contributed by atoms with van der Waals surface area (Å²) in [6, 6.07) is 7.01. The second-order valence-corrected chi connectivity index (χ2v) is 6.44. The van der Waals surface area contributed by atoms with Crippen LogP contribution in [0.1, 0.15) is 19.5 Å². The summed E-state index contributed by atoms with van der Waals surface area (Å²) in [7, 11) is 1.98. The van der Waals surface area contributed by atoms with E-state index in [9.17, 15) is 10.1 Å². The van der Waals surface area contributed by atoms with Crippen molar-refractivity contribution in [2.75, 3.05) is 25.0 Å². The van der Waals surface area contributed by atoms with Crippen LogP contribution in [0.25, 0.3) is 10.9 Å². The molecule has 0 unspecified atom stereocenters. The van der Waals surface area contributed by atoms with E-state index in [1.807, 2.05) is 26.1 Å². The van der Waals surface area contributed by atoms with Gasteiger partial charge in [0.2, 0.25) is 0 Å². The fraction of sp³-hybridized carbons (Fsp3) is 0.438. The van der Waals surface area contributed by atoms with Crippen molar-refractivity contribution in [3.63, 3.8) is 0 Å². The SMILES string of the molecule is Cc1cc(N(C)CC(C)(C)CN)c2cccc([N+](=O)[O-])c2n1. The fourth-order valence-electron chi connectivity index (χ4n) is 2.59. The molecule has 22 heavy (non-hydrogen) atoms. The van der Waals surface area contributed by atoms with Gasteiger partial charge in [-0.15, -0.1) is 0 Å². The van der Waals surface area contributed by atoms with Gasteiger partial charge < -0.3 is 10.6 Å². The molecule has 6 heteroatoms. The molecule has 1 aromatic heterocycles. The summed E-state index contributed by atoms with van der Waals surface area (Å²) in [5, 5.41) is 12.0. The van der Waals surface area contributed by atoms with Crippen molar-refractivity contribution in [3.8, 4) is 0 Å². The van der Waals surface area contributed by atoms with E-state index in [1.54, 1.807) is 6.07 Å². The average molecular weight is 302 g/mol. The first-order valence-corrected chi connectivity index (χ1v) is 7.21. The lowest BCUT2D eigenvalue weighted by Crippen LogP contribution is -2.36. The van der Waals surface area contributed by atoms with Crippen LogP contribution in [0.2, 0.25) is 0 Å². The van der Waals surface area contributed by atoms with Gasteiger partial charge in [0.05, 0.1) is 4.92 Å². The van der Waals surface area contributed by atoms with Crippen molar-refractivity contribution in [2.45, 2.75) is 20.8 Å². The number of non-ortho nitro benzene ring substituents is 1. The molecular formula is C16H22N4O2. The van der Waals surface area contributed by atoms with Crippen LogP contribution in [-0.2, 0) is 0 Å². The van der Waals surface area contributed by atoms with Crippen LogP contribution in [0.5, 0.6) is 0 Å². The molecule has 0 aliphatic carbocycles. The molecule has 2 N–H and O–H groups in total. The van der Waals surface area contributed by atoms with Crippen LogP contribution in [0.15, 0.2) is 24.3 Å². The van der Waals surface area contributed by atoms with E-state index in [0.29, 0.717) is 12.1 Å². The zero-order chi connectivity index (χ0) is 16.5. The number of nitrogens with two attached hydrogens (primary N) is 1. The number of nitro benzene ring substituents is 1. The Labute approximate surface area is 130 Å². The van der Waals surface area contributed by atoms with Crippen molar-refractivity contribution in [1.82, 2.24) is 4.98 Å². The molecule has 0 amide bonds. The van der Waals surface area contributed by atoms with Crippen LogP contribution in [-0.4, -0.2) is 30.0 Å².